The molecule has 1 aromatic rings. The van der Waals surface area contributed by atoms with Gasteiger partial charge in [-0.1, -0.05) is 32.1 Å². The van der Waals surface area contributed by atoms with Crippen molar-refractivity contribution in [3.63, 3.8) is 0 Å². The van der Waals surface area contributed by atoms with Crippen molar-refractivity contribution >= 4 is 17.0 Å². The minimum Gasteiger partial charge on any atom is -0.348 e. The molecule has 2 heteroatoms. The SMILES string of the molecule is C=C(C)c1ccc(N(C)/C(C)=C/C(C)=NC)cc1C(C)C. The highest BCUT2D eigenvalue weighted by molar-refractivity contribution is 5.93. The largest absolute Gasteiger partial charge is 0.348 e. The second kappa shape index (κ2) is 7.26. The Balaban J connectivity index is 3.23. The van der Waals surface area contributed by atoms with E-state index in [2.05, 4.69) is 75.5 Å². The highest BCUT2D eigenvalue weighted by Crippen LogP contribution is 2.30. The summed E-state index contributed by atoms with van der Waals surface area (Å²) in [6.07, 6.45) is 2.10. The molecule has 0 aromatic heterocycles. The lowest BCUT2D eigenvalue weighted by atomic mass is 9.93. The Morgan fingerprint density at radius 3 is 2.33 bits per heavy atom. The molecule has 0 aliphatic rings. The number of allylic oxidation sites excluding steroid dienone is 3. The van der Waals surface area contributed by atoms with Gasteiger partial charge in [-0.3, -0.25) is 4.99 Å². The van der Waals surface area contributed by atoms with Gasteiger partial charge in [-0.05, 0) is 56.0 Å². The molecule has 0 aliphatic heterocycles. The van der Waals surface area contributed by atoms with Crippen molar-refractivity contribution in [3.8, 4) is 0 Å². The van der Waals surface area contributed by atoms with Crippen molar-refractivity contribution in [1.29, 1.82) is 0 Å². The first-order valence-electron chi connectivity index (χ1n) is 7.43. The molecule has 1 rings (SSSR count). The number of hydrogen-bond donors (Lipinski definition) is 0. The van der Waals surface area contributed by atoms with Gasteiger partial charge in [0.25, 0.3) is 0 Å². The van der Waals surface area contributed by atoms with Crippen LogP contribution in [0.25, 0.3) is 5.57 Å². The molecule has 0 saturated carbocycles. The number of rotatable bonds is 5. The topological polar surface area (TPSA) is 15.6 Å². The molecule has 0 aliphatic carbocycles. The van der Waals surface area contributed by atoms with E-state index in [0.29, 0.717) is 5.92 Å². The Bertz CT molecular complexity index is 577. The Hall–Kier alpha value is -1.83. The first-order valence-corrected chi connectivity index (χ1v) is 7.43. The molecule has 0 saturated heterocycles. The van der Waals surface area contributed by atoms with Crippen LogP contribution in [0.2, 0.25) is 0 Å². The standard InChI is InChI=1S/C19H28N2/c1-13(2)18-10-9-17(12-19(18)14(3)4)21(8)16(6)11-15(5)20-7/h9-12,14H,1H2,2-8H3/b16-11+,20-15?. The number of anilines is 1. The molecule has 0 N–H and O–H groups in total. The predicted octanol–water partition coefficient (Wildman–Crippen LogP) is 5.27. The van der Waals surface area contributed by atoms with Gasteiger partial charge in [0.2, 0.25) is 0 Å². The Morgan fingerprint density at radius 2 is 1.86 bits per heavy atom. The summed E-state index contributed by atoms with van der Waals surface area (Å²) in [5.41, 5.74) is 7.13. The maximum Gasteiger partial charge on any atom is 0.0408 e. The number of aliphatic imine (C=N–C) groups is 1. The highest BCUT2D eigenvalue weighted by atomic mass is 15.1. The third-order valence-corrected chi connectivity index (χ3v) is 3.80. The third kappa shape index (κ3) is 4.32. The molecule has 21 heavy (non-hydrogen) atoms. The van der Waals surface area contributed by atoms with Crippen molar-refractivity contribution in [1.82, 2.24) is 0 Å². The van der Waals surface area contributed by atoms with Gasteiger partial charge < -0.3 is 4.90 Å². The fourth-order valence-corrected chi connectivity index (χ4v) is 2.29. The summed E-state index contributed by atoms with van der Waals surface area (Å²) in [7, 11) is 3.91. The van der Waals surface area contributed by atoms with Gasteiger partial charge in [0.05, 0.1) is 0 Å². The summed E-state index contributed by atoms with van der Waals surface area (Å²) in [5.74, 6) is 0.480. The number of benzene rings is 1. The summed E-state index contributed by atoms with van der Waals surface area (Å²) in [6.45, 7) is 14.7. The van der Waals surface area contributed by atoms with Crippen LogP contribution in [0.4, 0.5) is 5.69 Å². The van der Waals surface area contributed by atoms with E-state index < -0.39 is 0 Å². The van der Waals surface area contributed by atoms with Gasteiger partial charge in [0.1, 0.15) is 0 Å². The van der Waals surface area contributed by atoms with Gasteiger partial charge in [-0.15, -0.1) is 0 Å². The van der Waals surface area contributed by atoms with Crippen LogP contribution in [0.3, 0.4) is 0 Å². The van der Waals surface area contributed by atoms with Crippen molar-refractivity contribution in [2.75, 3.05) is 19.0 Å². The summed E-state index contributed by atoms with van der Waals surface area (Å²) >= 11 is 0. The summed E-state index contributed by atoms with van der Waals surface area (Å²) < 4.78 is 0. The van der Waals surface area contributed by atoms with E-state index in [4.69, 9.17) is 0 Å². The predicted molar refractivity (Wildman–Crippen MR) is 96.4 cm³/mol. The fourth-order valence-electron chi connectivity index (χ4n) is 2.29. The second-order valence-electron chi connectivity index (χ2n) is 5.92. The molecule has 0 heterocycles. The van der Waals surface area contributed by atoms with Crippen LogP contribution in [0.1, 0.15) is 51.7 Å². The van der Waals surface area contributed by atoms with E-state index in [-0.39, 0.29) is 0 Å². The normalized spacial score (nSPS) is 12.8. The van der Waals surface area contributed by atoms with Crippen LogP contribution in [0.5, 0.6) is 0 Å². The zero-order chi connectivity index (χ0) is 16.2. The molecule has 0 radical (unpaired) electrons. The maximum absolute atomic E-state index is 4.19. The summed E-state index contributed by atoms with van der Waals surface area (Å²) in [6, 6.07) is 6.60. The summed E-state index contributed by atoms with van der Waals surface area (Å²) in [5, 5.41) is 0. The molecule has 0 atom stereocenters. The van der Waals surface area contributed by atoms with E-state index in [1.807, 2.05) is 14.0 Å². The fraction of sp³-hybridized carbons (Fsp3) is 0.421. The Kier molecular flexibility index (Phi) is 5.95. The van der Waals surface area contributed by atoms with E-state index in [1.165, 1.54) is 22.5 Å². The van der Waals surface area contributed by atoms with Crippen LogP contribution in [-0.2, 0) is 0 Å². The molecular weight excluding hydrogens is 256 g/mol. The molecule has 114 valence electrons. The number of hydrogen-bond acceptors (Lipinski definition) is 2. The molecule has 0 bridgehead atoms. The molecule has 0 fully saturated rings. The molecule has 1 aromatic carbocycles. The maximum atomic E-state index is 4.19. The van der Waals surface area contributed by atoms with Crippen LogP contribution >= 0.6 is 0 Å². The average molecular weight is 284 g/mol. The van der Waals surface area contributed by atoms with Gasteiger partial charge in [-0.2, -0.15) is 0 Å². The van der Waals surface area contributed by atoms with Crippen LogP contribution in [-0.4, -0.2) is 19.8 Å². The Labute approximate surface area is 129 Å². The van der Waals surface area contributed by atoms with Crippen molar-refractivity contribution < 1.29 is 0 Å². The van der Waals surface area contributed by atoms with Gasteiger partial charge >= 0.3 is 0 Å². The molecule has 2 nitrogen and oxygen atoms in total. The van der Waals surface area contributed by atoms with Crippen LogP contribution < -0.4 is 4.90 Å². The molecule has 0 spiro atoms. The van der Waals surface area contributed by atoms with Gasteiger partial charge in [-0.25, -0.2) is 0 Å². The lowest BCUT2D eigenvalue weighted by Gasteiger charge is -2.23. The molecule has 0 unspecified atom stereocenters. The van der Waals surface area contributed by atoms with Crippen molar-refractivity contribution in [2.45, 2.75) is 40.5 Å². The van der Waals surface area contributed by atoms with Gasteiger partial charge in [0, 0.05) is 31.2 Å². The quantitative estimate of drug-likeness (QED) is 0.672. The van der Waals surface area contributed by atoms with Crippen molar-refractivity contribution in [2.24, 2.45) is 4.99 Å². The minimum absolute atomic E-state index is 0.480. The lowest BCUT2D eigenvalue weighted by molar-refractivity contribution is 0.861. The zero-order valence-electron chi connectivity index (χ0n) is 14.5. The monoisotopic (exact) mass is 284 g/mol. The smallest absolute Gasteiger partial charge is 0.0408 e. The van der Waals surface area contributed by atoms with E-state index in [0.717, 1.165) is 11.3 Å². The number of nitrogens with zero attached hydrogens (tertiary/aromatic N) is 2. The summed E-state index contributed by atoms with van der Waals surface area (Å²) in [4.78, 5) is 6.39. The molecular formula is C19H28N2. The van der Waals surface area contributed by atoms with Gasteiger partial charge in [0.15, 0.2) is 0 Å². The van der Waals surface area contributed by atoms with Crippen LogP contribution in [0, 0.1) is 0 Å². The van der Waals surface area contributed by atoms with Crippen LogP contribution in [0.15, 0.2) is 41.5 Å². The first-order chi connectivity index (χ1) is 9.77. The average Bonchev–Trinajstić information content (AvgIpc) is 2.45. The van der Waals surface area contributed by atoms with E-state index >= 15 is 0 Å². The third-order valence-electron chi connectivity index (χ3n) is 3.80. The Morgan fingerprint density at radius 1 is 1.24 bits per heavy atom. The zero-order valence-corrected chi connectivity index (χ0v) is 14.5. The van der Waals surface area contributed by atoms with Crippen molar-refractivity contribution in [3.05, 3.63) is 47.7 Å². The molecule has 0 amide bonds. The second-order valence-corrected chi connectivity index (χ2v) is 5.92. The minimum atomic E-state index is 0.480. The van der Waals surface area contributed by atoms with E-state index in [9.17, 15) is 0 Å². The van der Waals surface area contributed by atoms with E-state index in [1.54, 1.807) is 0 Å². The lowest BCUT2D eigenvalue weighted by Crippen LogP contribution is -2.15. The first kappa shape index (κ1) is 17.2. The highest BCUT2D eigenvalue weighted by Gasteiger charge is 2.11.